The molecule has 160 valence electrons. The number of para-hydroxylation sites is 1. The minimum atomic E-state index is -0.693. The lowest BCUT2D eigenvalue weighted by atomic mass is 10.1. The van der Waals surface area contributed by atoms with Gasteiger partial charge in [-0.25, -0.2) is 4.79 Å². The van der Waals surface area contributed by atoms with Crippen LogP contribution in [-0.4, -0.2) is 29.4 Å². The van der Waals surface area contributed by atoms with E-state index in [9.17, 15) is 14.4 Å². The molecule has 0 aliphatic heterocycles. The number of carbonyl (C=O) groups excluding carboxylic acids is 3. The van der Waals surface area contributed by atoms with Gasteiger partial charge in [-0.15, -0.1) is 0 Å². The molecule has 0 aliphatic rings. The van der Waals surface area contributed by atoms with Crippen molar-refractivity contribution in [2.24, 2.45) is 0 Å². The van der Waals surface area contributed by atoms with Gasteiger partial charge in [0.15, 0.2) is 12.4 Å². The standard InChI is InChI=1S/C23H22N2O6/c1-14-20(16(3)31-25-14)12-29-21-10-5-4-9-19(21)23(28)30-13-22(27)24-18-8-6-7-17(11-18)15(2)26/h4-11H,12-13H2,1-3H3,(H,24,27). The van der Waals surface area contributed by atoms with Gasteiger partial charge in [0.1, 0.15) is 23.7 Å². The van der Waals surface area contributed by atoms with Gasteiger partial charge in [0.25, 0.3) is 5.91 Å². The molecule has 1 N–H and O–H groups in total. The lowest BCUT2D eigenvalue weighted by Crippen LogP contribution is -2.21. The minimum absolute atomic E-state index is 0.115. The Morgan fingerprint density at radius 3 is 2.55 bits per heavy atom. The van der Waals surface area contributed by atoms with Crippen LogP contribution in [0.15, 0.2) is 53.1 Å². The molecule has 8 nitrogen and oxygen atoms in total. The van der Waals surface area contributed by atoms with E-state index in [0.717, 1.165) is 5.56 Å². The van der Waals surface area contributed by atoms with Crippen molar-refractivity contribution in [2.45, 2.75) is 27.4 Å². The molecule has 1 aromatic heterocycles. The van der Waals surface area contributed by atoms with Crippen molar-refractivity contribution in [3.63, 3.8) is 0 Å². The third kappa shape index (κ3) is 5.57. The van der Waals surface area contributed by atoms with Crippen LogP contribution in [0.3, 0.4) is 0 Å². The van der Waals surface area contributed by atoms with E-state index >= 15 is 0 Å². The maximum absolute atomic E-state index is 12.5. The molecule has 31 heavy (non-hydrogen) atoms. The summed E-state index contributed by atoms with van der Waals surface area (Å²) in [4.78, 5) is 36.1. The van der Waals surface area contributed by atoms with Crippen LogP contribution in [-0.2, 0) is 16.1 Å². The number of esters is 1. The number of ketones is 1. The summed E-state index contributed by atoms with van der Waals surface area (Å²) in [6.45, 7) is 4.72. The van der Waals surface area contributed by atoms with Gasteiger partial charge in [-0.05, 0) is 45.0 Å². The van der Waals surface area contributed by atoms with Crippen LogP contribution in [0.2, 0.25) is 0 Å². The van der Waals surface area contributed by atoms with E-state index in [1.165, 1.54) is 6.92 Å². The average Bonchev–Trinajstić information content (AvgIpc) is 3.08. The summed E-state index contributed by atoms with van der Waals surface area (Å²) < 4.78 is 16.0. The number of hydrogen-bond acceptors (Lipinski definition) is 7. The van der Waals surface area contributed by atoms with E-state index in [2.05, 4.69) is 10.5 Å². The predicted octanol–water partition coefficient (Wildman–Crippen LogP) is 3.87. The van der Waals surface area contributed by atoms with Gasteiger partial charge >= 0.3 is 5.97 Å². The average molecular weight is 422 g/mol. The highest BCUT2D eigenvalue weighted by molar-refractivity contribution is 5.98. The molecule has 8 heteroatoms. The van der Waals surface area contributed by atoms with Crippen molar-refractivity contribution in [1.82, 2.24) is 5.16 Å². The summed E-state index contributed by atoms with van der Waals surface area (Å²) in [5.41, 5.74) is 2.62. The molecule has 0 bridgehead atoms. The van der Waals surface area contributed by atoms with Crippen LogP contribution >= 0.6 is 0 Å². The Hall–Kier alpha value is -3.94. The van der Waals surface area contributed by atoms with Crippen LogP contribution in [0.4, 0.5) is 5.69 Å². The summed E-state index contributed by atoms with van der Waals surface area (Å²) in [5.74, 6) is -0.369. The summed E-state index contributed by atoms with van der Waals surface area (Å²) in [5, 5.41) is 6.47. The number of nitrogens with one attached hydrogen (secondary N) is 1. The van der Waals surface area contributed by atoms with E-state index in [-0.39, 0.29) is 18.0 Å². The van der Waals surface area contributed by atoms with E-state index in [4.69, 9.17) is 14.0 Å². The van der Waals surface area contributed by atoms with Crippen LogP contribution in [0, 0.1) is 13.8 Å². The molecule has 0 unspecified atom stereocenters. The maximum atomic E-state index is 12.5. The Morgan fingerprint density at radius 2 is 1.84 bits per heavy atom. The van der Waals surface area contributed by atoms with Gasteiger partial charge in [0.2, 0.25) is 0 Å². The fourth-order valence-corrected chi connectivity index (χ4v) is 2.84. The summed E-state index contributed by atoms with van der Waals surface area (Å²) >= 11 is 0. The Bertz CT molecular complexity index is 1100. The molecule has 3 rings (SSSR count). The van der Waals surface area contributed by atoms with Gasteiger partial charge in [-0.1, -0.05) is 29.4 Å². The number of rotatable bonds is 8. The summed E-state index contributed by atoms with van der Waals surface area (Å²) in [6, 6.07) is 13.1. The molecular weight excluding hydrogens is 400 g/mol. The van der Waals surface area contributed by atoms with Crippen LogP contribution in [0.25, 0.3) is 0 Å². The molecule has 0 saturated carbocycles. The molecule has 0 spiro atoms. The number of ether oxygens (including phenoxy) is 2. The van der Waals surface area contributed by atoms with E-state index in [0.29, 0.717) is 28.5 Å². The number of anilines is 1. The molecule has 0 fully saturated rings. The number of nitrogens with zero attached hydrogens (tertiary/aromatic N) is 1. The van der Waals surface area contributed by atoms with Crippen LogP contribution < -0.4 is 10.1 Å². The highest BCUT2D eigenvalue weighted by atomic mass is 16.5. The Balaban J connectivity index is 1.60. The fourth-order valence-electron chi connectivity index (χ4n) is 2.84. The van der Waals surface area contributed by atoms with E-state index < -0.39 is 18.5 Å². The highest BCUT2D eigenvalue weighted by Crippen LogP contribution is 2.22. The molecular formula is C23H22N2O6. The van der Waals surface area contributed by atoms with Crippen molar-refractivity contribution in [1.29, 1.82) is 0 Å². The minimum Gasteiger partial charge on any atom is -0.488 e. The number of hydrogen-bond donors (Lipinski definition) is 1. The summed E-state index contributed by atoms with van der Waals surface area (Å²) in [6.07, 6.45) is 0. The SMILES string of the molecule is CC(=O)c1cccc(NC(=O)COC(=O)c2ccccc2OCc2c(C)noc2C)c1. The third-order valence-electron chi connectivity index (χ3n) is 4.55. The first-order valence-electron chi connectivity index (χ1n) is 9.56. The first kappa shape index (κ1) is 21.8. The molecule has 3 aromatic rings. The van der Waals surface area contributed by atoms with Gasteiger partial charge in [-0.3, -0.25) is 9.59 Å². The van der Waals surface area contributed by atoms with Gasteiger partial charge < -0.3 is 19.3 Å². The molecule has 0 saturated heterocycles. The number of carbonyl (C=O) groups is 3. The zero-order valence-electron chi connectivity index (χ0n) is 17.4. The van der Waals surface area contributed by atoms with Crippen LogP contribution in [0.1, 0.15) is 44.7 Å². The third-order valence-corrected chi connectivity index (χ3v) is 4.55. The van der Waals surface area contributed by atoms with Crippen molar-refractivity contribution in [2.75, 3.05) is 11.9 Å². The second kappa shape index (κ2) is 9.71. The van der Waals surface area contributed by atoms with Crippen LogP contribution in [0.5, 0.6) is 5.75 Å². The smallest absolute Gasteiger partial charge is 0.342 e. The van der Waals surface area contributed by atoms with Crippen molar-refractivity contribution in [3.05, 3.63) is 76.7 Å². The Kier molecular flexibility index (Phi) is 6.81. The first-order valence-corrected chi connectivity index (χ1v) is 9.56. The zero-order valence-corrected chi connectivity index (χ0v) is 17.4. The number of Topliss-reactive ketones (excluding diaryl/α,β-unsaturated/α-hetero) is 1. The van der Waals surface area contributed by atoms with E-state index in [1.54, 1.807) is 62.4 Å². The number of aromatic nitrogens is 1. The first-order chi connectivity index (χ1) is 14.8. The number of benzene rings is 2. The molecule has 0 atom stereocenters. The van der Waals surface area contributed by atoms with Gasteiger partial charge in [0.05, 0.1) is 11.3 Å². The second-order valence-electron chi connectivity index (χ2n) is 6.85. The second-order valence-corrected chi connectivity index (χ2v) is 6.85. The quantitative estimate of drug-likeness (QED) is 0.434. The van der Waals surface area contributed by atoms with Crippen molar-refractivity contribution in [3.8, 4) is 5.75 Å². The topological polar surface area (TPSA) is 108 Å². The molecule has 1 amide bonds. The zero-order chi connectivity index (χ0) is 22.4. The monoisotopic (exact) mass is 422 g/mol. The van der Waals surface area contributed by atoms with E-state index in [1.807, 2.05) is 0 Å². The van der Waals surface area contributed by atoms with Crippen molar-refractivity contribution < 1.29 is 28.4 Å². The molecule has 2 aromatic carbocycles. The van der Waals surface area contributed by atoms with Gasteiger partial charge in [0, 0.05) is 11.3 Å². The lowest BCUT2D eigenvalue weighted by molar-refractivity contribution is -0.119. The Labute approximate surface area is 179 Å². The predicted molar refractivity (Wildman–Crippen MR) is 112 cm³/mol. The summed E-state index contributed by atoms with van der Waals surface area (Å²) in [7, 11) is 0. The highest BCUT2D eigenvalue weighted by Gasteiger charge is 2.17. The molecule has 0 aliphatic carbocycles. The largest absolute Gasteiger partial charge is 0.488 e. The number of aryl methyl sites for hydroxylation is 2. The lowest BCUT2D eigenvalue weighted by Gasteiger charge is -2.11. The molecule has 1 heterocycles. The Morgan fingerprint density at radius 1 is 1.06 bits per heavy atom. The molecule has 0 radical (unpaired) electrons. The number of amides is 1. The normalized spacial score (nSPS) is 10.4. The fraction of sp³-hybridized carbons (Fsp3) is 0.217. The van der Waals surface area contributed by atoms with Crippen molar-refractivity contribution >= 4 is 23.3 Å². The maximum Gasteiger partial charge on any atom is 0.342 e. The van der Waals surface area contributed by atoms with Gasteiger partial charge in [-0.2, -0.15) is 0 Å².